The highest BCUT2D eigenvalue weighted by atomic mass is 32.1. The van der Waals surface area contributed by atoms with Crippen molar-refractivity contribution in [3.63, 3.8) is 0 Å². The van der Waals surface area contributed by atoms with Crippen LogP contribution in [0.15, 0.2) is 40.5 Å². The molecule has 5 nitrogen and oxygen atoms in total. The number of pyridine rings is 2. The molecule has 0 aliphatic rings. The minimum absolute atomic E-state index is 0.0517. The molecule has 28 heavy (non-hydrogen) atoms. The normalized spacial score (nSPS) is 13.9. The van der Waals surface area contributed by atoms with Crippen LogP contribution in [0.2, 0.25) is 0 Å². The van der Waals surface area contributed by atoms with E-state index in [-0.39, 0.29) is 17.2 Å². The van der Waals surface area contributed by atoms with Gasteiger partial charge in [0.15, 0.2) is 0 Å². The Kier molecular flexibility index (Phi) is 4.74. The van der Waals surface area contributed by atoms with Gasteiger partial charge in [0.25, 0.3) is 5.56 Å². The van der Waals surface area contributed by atoms with Gasteiger partial charge in [-0.3, -0.25) is 4.79 Å². The molecule has 0 fully saturated rings. The number of fused-ring (bicyclic) bond motifs is 3. The molecule has 3 heterocycles. The summed E-state index contributed by atoms with van der Waals surface area (Å²) in [6.07, 6.45) is -2.23. The van der Waals surface area contributed by atoms with E-state index in [0.29, 0.717) is 33.4 Å². The quantitative estimate of drug-likeness (QED) is 0.483. The van der Waals surface area contributed by atoms with E-state index in [9.17, 15) is 14.3 Å². The third kappa shape index (κ3) is 2.92. The number of halogens is 1. The maximum atomic E-state index is 14.2. The summed E-state index contributed by atoms with van der Waals surface area (Å²) < 4.78 is 14.7. The smallest absolute Gasteiger partial charge is 0.266 e. The number of aromatic amines is 1. The lowest BCUT2D eigenvalue weighted by Crippen LogP contribution is -2.10. The SMILES string of the molecule is Cc1nc(C(O)F)c(-c2ccc(C(C)CN)cc2)c2c1[nH]c(=O)c1sccc12. The average molecular weight is 397 g/mol. The second-order valence-electron chi connectivity index (χ2n) is 6.92. The number of benzene rings is 1. The molecular weight excluding hydrogens is 377 g/mol. The lowest BCUT2D eigenvalue weighted by Gasteiger charge is -2.17. The van der Waals surface area contributed by atoms with Gasteiger partial charge in [0.1, 0.15) is 10.4 Å². The Morgan fingerprint density at radius 3 is 2.64 bits per heavy atom. The van der Waals surface area contributed by atoms with Gasteiger partial charge in [-0.05, 0) is 42.0 Å². The van der Waals surface area contributed by atoms with Crippen molar-refractivity contribution in [2.24, 2.45) is 5.73 Å². The Labute approximate surface area is 164 Å². The average Bonchev–Trinajstić information content (AvgIpc) is 3.18. The van der Waals surface area contributed by atoms with E-state index in [1.807, 2.05) is 42.6 Å². The second-order valence-corrected chi connectivity index (χ2v) is 7.84. The molecule has 2 atom stereocenters. The number of hydrogen-bond donors (Lipinski definition) is 3. The van der Waals surface area contributed by atoms with Crippen molar-refractivity contribution in [1.29, 1.82) is 0 Å². The minimum atomic E-state index is -2.23. The second kappa shape index (κ2) is 7.09. The number of nitrogens with one attached hydrogen (secondary N) is 1. The number of thiophene rings is 1. The minimum Gasteiger partial charge on any atom is -0.359 e. The summed E-state index contributed by atoms with van der Waals surface area (Å²) >= 11 is 1.33. The van der Waals surface area contributed by atoms with Gasteiger partial charge in [0.05, 0.1) is 11.2 Å². The van der Waals surface area contributed by atoms with E-state index in [4.69, 9.17) is 5.73 Å². The number of hydrogen-bond acceptors (Lipinski definition) is 5. The fourth-order valence-corrected chi connectivity index (χ4v) is 4.38. The molecule has 0 saturated carbocycles. The number of H-pyrrole nitrogens is 1. The lowest BCUT2D eigenvalue weighted by molar-refractivity contribution is 0.0377. The van der Waals surface area contributed by atoms with Gasteiger partial charge in [0, 0.05) is 16.3 Å². The number of nitrogens with zero attached hydrogens (tertiary/aromatic N) is 1. The summed E-state index contributed by atoms with van der Waals surface area (Å²) in [5, 5.41) is 13.0. The van der Waals surface area contributed by atoms with Gasteiger partial charge in [-0.2, -0.15) is 0 Å². The Morgan fingerprint density at radius 2 is 2.00 bits per heavy atom. The van der Waals surface area contributed by atoms with Crippen molar-refractivity contribution in [1.82, 2.24) is 9.97 Å². The number of aryl methyl sites for hydroxylation is 1. The molecule has 4 rings (SSSR count). The fraction of sp³-hybridized carbons (Fsp3) is 0.238. The molecule has 0 saturated heterocycles. The van der Waals surface area contributed by atoms with E-state index in [0.717, 1.165) is 16.5 Å². The zero-order valence-electron chi connectivity index (χ0n) is 15.5. The molecule has 0 aliphatic carbocycles. The Bertz CT molecular complexity index is 1230. The first kappa shape index (κ1) is 18.7. The van der Waals surface area contributed by atoms with Crippen molar-refractivity contribution >= 4 is 32.3 Å². The molecule has 0 bridgehead atoms. The van der Waals surface area contributed by atoms with Crippen molar-refractivity contribution in [3.05, 3.63) is 63.0 Å². The van der Waals surface area contributed by atoms with Crippen LogP contribution in [-0.4, -0.2) is 21.6 Å². The van der Waals surface area contributed by atoms with Gasteiger partial charge >= 0.3 is 0 Å². The summed E-state index contributed by atoms with van der Waals surface area (Å²) in [4.78, 5) is 19.6. The van der Waals surface area contributed by atoms with Crippen LogP contribution in [0.4, 0.5) is 4.39 Å². The van der Waals surface area contributed by atoms with Crippen LogP contribution in [0.3, 0.4) is 0 Å². The largest absolute Gasteiger partial charge is 0.359 e. The molecule has 2 unspecified atom stereocenters. The van der Waals surface area contributed by atoms with E-state index in [1.54, 1.807) is 6.92 Å². The summed E-state index contributed by atoms with van der Waals surface area (Å²) in [7, 11) is 0. The Balaban J connectivity index is 2.11. The predicted molar refractivity (Wildman–Crippen MR) is 111 cm³/mol. The van der Waals surface area contributed by atoms with Gasteiger partial charge in [-0.25, -0.2) is 9.37 Å². The molecular formula is C21H20FN3O2S. The fourth-order valence-electron chi connectivity index (χ4n) is 3.58. The number of alkyl halides is 1. The Morgan fingerprint density at radius 1 is 1.29 bits per heavy atom. The predicted octanol–water partition coefficient (Wildman–Crippen LogP) is 4.14. The van der Waals surface area contributed by atoms with Crippen LogP contribution in [0, 0.1) is 6.92 Å². The van der Waals surface area contributed by atoms with E-state index in [2.05, 4.69) is 9.97 Å². The summed E-state index contributed by atoms with van der Waals surface area (Å²) in [5.74, 6) is 0.202. The molecule has 0 spiro atoms. The van der Waals surface area contributed by atoms with Crippen molar-refractivity contribution in [2.45, 2.75) is 26.1 Å². The van der Waals surface area contributed by atoms with E-state index in [1.165, 1.54) is 11.3 Å². The third-order valence-electron chi connectivity index (χ3n) is 5.13. The van der Waals surface area contributed by atoms with Crippen LogP contribution in [0.25, 0.3) is 32.1 Å². The van der Waals surface area contributed by atoms with Gasteiger partial charge in [0.2, 0.25) is 6.36 Å². The van der Waals surface area contributed by atoms with Gasteiger partial charge in [-0.15, -0.1) is 11.3 Å². The maximum Gasteiger partial charge on any atom is 0.266 e. The van der Waals surface area contributed by atoms with Gasteiger partial charge < -0.3 is 15.8 Å². The van der Waals surface area contributed by atoms with Crippen molar-refractivity contribution < 1.29 is 9.50 Å². The molecule has 1 aromatic carbocycles. The van der Waals surface area contributed by atoms with Crippen molar-refractivity contribution in [3.8, 4) is 11.1 Å². The summed E-state index contributed by atoms with van der Waals surface area (Å²) in [6.45, 7) is 4.26. The highest BCUT2D eigenvalue weighted by molar-refractivity contribution is 7.17. The number of rotatable bonds is 4. The highest BCUT2D eigenvalue weighted by Gasteiger charge is 2.22. The molecule has 0 aliphatic heterocycles. The monoisotopic (exact) mass is 397 g/mol. The zero-order chi connectivity index (χ0) is 20.0. The molecule has 7 heteroatoms. The molecule has 0 radical (unpaired) electrons. The first-order valence-electron chi connectivity index (χ1n) is 8.98. The Hall–Kier alpha value is -2.61. The molecule has 3 aromatic heterocycles. The van der Waals surface area contributed by atoms with E-state index >= 15 is 0 Å². The van der Waals surface area contributed by atoms with Crippen LogP contribution in [-0.2, 0) is 0 Å². The standard InChI is InChI=1S/C21H20FN3O2S/c1-10(9-23)12-3-5-13(6-4-12)15-16-14-7-8-28-19(14)21(27)25-17(16)11(2)24-18(15)20(22)26/h3-8,10,20,26H,9,23H2,1-2H3,(H,25,27). The molecule has 4 N–H and O–H groups in total. The first-order valence-corrected chi connectivity index (χ1v) is 9.86. The van der Waals surface area contributed by atoms with Crippen LogP contribution < -0.4 is 11.3 Å². The summed E-state index contributed by atoms with van der Waals surface area (Å²) in [6, 6.07) is 9.50. The highest BCUT2D eigenvalue weighted by Crippen LogP contribution is 2.39. The number of aromatic nitrogens is 2. The number of aliphatic hydroxyl groups is 1. The molecule has 4 aromatic rings. The van der Waals surface area contributed by atoms with Crippen LogP contribution in [0.1, 0.15) is 36.2 Å². The topological polar surface area (TPSA) is 92.0 Å². The van der Waals surface area contributed by atoms with E-state index < -0.39 is 6.36 Å². The van der Waals surface area contributed by atoms with Crippen LogP contribution >= 0.6 is 11.3 Å². The molecule has 0 amide bonds. The van der Waals surface area contributed by atoms with Crippen LogP contribution in [0.5, 0.6) is 0 Å². The summed E-state index contributed by atoms with van der Waals surface area (Å²) in [5.41, 5.74) is 8.79. The van der Waals surface area contributed by atoms with Gasteiger partial charge in [-0.1, -0.05) is 31.2 Å². The maximum absolute atomic E-state index is 14.2. The first-order chi connectivity index (χ1) is 13.4. The molecule has 144 valence electrons. The lowest BCUT2D eigenvalue weighted by atomic mass is 9.93. The third-order valence-corrected chi connectivity index (χ3v) is 6.05. The number of aliphatic hydroxyl groups excluding tert-OH is 1. The zero-order valence-corrected chi connectivity index (χ0v) is 16.3. The number of nitrogens with two attached hydrogens (primary N) is 1. The van der Waals surface area contributed by atoms with Crippen molar-refractivity contribution in [2.75, 3.05) is 6.54 Å².